The van der Waals surface area contributed by atoms with E-state index >= 15 is 0 Å². The molecule has 5 nitrogen and oxygen atoms in total. The van der Waals surface area contributed by atoms with Crippen LogP contribution in [-0.2, 0) is 6.42 Å². The van der Waals surface area contributed by atoms with Crippen molar-refractivity contribution in [1.29, 1.82) is 0 Å². The molecule has 1 aliphatic heterocycles. The third-order valence-corrected chi connectivity index (χ3v) is 5.51. The van der Waals surface area contributed by atoms with Crippen molar-refractivity contribution < 1.29 is 4.79 Å². The number of pyridine rings is 1. The van der Waals surface area contributed by atoms with E-state index in [9.17, 15) is 4.79 Å². The minimum absolute atomic E-state index is 0.0491. The van der Waals surface area contributed by atoms with Gasteiger partial charge in [0.05, 0.1) is 6.20 Å². The molecule has 1 aromatic carbocycles. The van der Waals surface area contributed by atoms with Crippen molar-refractivity contribution in [1.82, 2.24) is 19.9 Å². The molecule has 6 heteroatoms. The molecule has 0 spiro atoms. The van der Waals surface area contributed by atoms with Gasteiger partial charge in [-0.15, -0.1) is 0 Å². The van der Waals surface area contributed by atoms with E-state index < -0.39 is 0 Å². The molecule has 1 saturated heterocycles. The quantitative estimate of drug-likeness (QED) is 0.669. The number of hydrogen-bond acceptors (Lipinski definition) is 4. The second-order valence-electron chi connectivity index (χ2n) is 6.98. The largest absolute Gasteiger partial charge is 0.337 e. The van der Waals surface area contributed by atoms with Crippen LogP contribution in [0.15, 0.2) is 61.1 Å². The maximum Gasteiger partial charge on any atom is 0.274 e. The number of amides is 1. The lowest BCUT2D eigenvalue weighted by Crippen LogP contribution is -2.38. The fourth-order valence-corrected chi connectivity index (χ4v) is 3.81. The van der Waals surface area contributed by atoms with Gasteiger partial charge in [-0.25, -0.2) is 4.98 Å². The first kappa shape index (κ1) is 18.6. The van der Waals surface area contributed by atoms with Crippen LogP contribution in [0.4, 0.5) is 0 Å². The molecule has 0 unspecified atom stereocenters. The summed E-state index contributed by atoms with van der Waals surface area (Å²) in [6.45, 7) is 1.41. The van der Waals surface area contributed by atoms with Crippen LogP contribution in [0.25, 0.3) is 0 Å². The van der Waals surface area contributed by atoms with Gasteiger partial charge in [-0.2, -0.15) is 0 Å². The SMILES string of the molecule is O=C(c1cnccn1)N1CCC(c2cccc(Cc3ccccc3Cl)n2)CC1. The normalized spacial score (nSPS) is 14.8. The Hall–Kier alpha value is -2.79. The molecule has 0 saturated carbocycles. The van der Waals surface area contributed by atoms with Crippen molar-refractivity contribution in [3.8, 4) is 0 Å². The van der Waals surface area contributed by atoms with Crippen molar-refractivity contribution in [3.63, 3.8) is 0 Å². The number of carbonyl (C=O) groups is 1. The summed E-state index contributed by atoms with van der Waals surface area (Å²) in [5.41, 5.74) is 3.60. The molecule has 0 aliphatic carbocycles. The molecule has 4 rings (SSSR count). The lowest BCUT2D eigenvalue weighted by atomic mass is 9.92. The molecule has 3 aromatic rings. The van der Waals surface area contributed by atoms with E-state index in [1.54, 1.807) is 12.4 Å². The monoisotopic (exact) mass is 392 g/mol. The number of piperidine rings is 1. The van der Waals surface area contributed by atoms with E-state index in [1.807, 2.05) is 35.2 Å². The second kappa shape index (κ2) is 8.48. The molecular formula is C22H21ClN4O. The van der Waals surface area contributed by atoms with Gasteiger partial charge in [-0.3, -0.25) is 14.8 Å². The Labute approximate surface area is 169 Å². The number of likely N-dealkylation sites (tertiary alicyclic amines) is 1. The van der Waals surface area contributed by atoms with Gasteiger partial charge < -0.3 is 4.90 Å². The second-order valence-corrected chi connectivity index (χ2v) is 7.39. The van der Waals surface area contributed by atoms with Gasteiger partial charge in [0, 0.05) is 54.2 Å². The van der Waals surface area contributed by atoms with Gasteiger partial charge in [0.15, 0.2) is 0 Å². The van der Waals surface area contributed by atoms with Gasteiger partial charge in [0.2, 0.25) is 0 Å². The first-order valence-electron chi connectivity index (χ1n) is 9.45. The minimum Gasteiger partial charge on any atom is -0.337 e. The van der Waals surface area contributed by atoms with Crippen LogP contribution in [0.2, 0.25) is 5.02 Å². The van der Waals surface area contributed by atoms with Gasteiger partial charge in [-0.1, -0.05) is 35.9 Å². The highest BCUT2D eigenvalue weighted by Crippen LogP contribution is 2.28. The Morgan fingerprint density at radius 3 is 2.64 bits per heavy atom. The Bertz CT molecular complexity index is 956. The molecule has 0 atom stereocenters. The van der Waals surface area contributed by atoms with Crippen LogP contribution in [-0.4, -0.2) is 38.8 Å². The predicted octanol–water partition coefficient (Wildman–Crippen LogP) is 4.14. The predicted molar refractivity (Wildman–Crippen MR) is 108 cm³/mol. The molecule has 142 valence electrons. The highest BCUT2D eigenvalue weighted by molar-refractivity contribution is 6.31. The first-order valence-corrected chi connectivity index (χ1v) is 9.83. The van der Waals surface area contributed by atoms with Crippen molar-refractivity contribution >= 4 is 17.5 Å². The fourth-order valence-electron chi connectivity index (χ4n) is 3.61. The number of hydrogen-bond donors (Lipinski definition) is 0. The summed E-state index contributed by atoms with van der Waals surface area (Å²) in [6.07, 6.45) is 7.16. The molecule has 2 aromatic heterocycles. The van der Waals surface area contributed by atoms with E-state index in [1.165, 1.54) is 6.20 Å². The molecule has 1 amide bonds. The van der Waals surface area contributed by atoms with Gasteiger partial charge in [-0.05, 0) is 36.6 Å². The zero-order chi connectivity index (χ0) is 19.3. The summed E-state index contributed by atoms with van der Waals surface area (Å²) in [5.74, 6) is 0.309. The Balaban J connectivity index is 1.41. The molecule has 0 radical (unpaired) electrons. The average molecular weight is 393 g/mol. The van der Waals surface area contributed by atoms with Crippen LogP contribution in [0.5, 0.6) is 0 Å². The van der Waals surface area contributed by atoms with E-state index in [2.05, 4.69) is 22.1 Å². The maximum absolute atomic E-state index is 12.5. The lowest BCUT2D eigenvalue weighted by molar-refractivity contribution is 0.0705. The fraction of sp³-hybridized carbons (Fsp3) is 0.273. The van der Waals surface area contributed by atoms with Gasteiger partial charge in [0.25, 0.3) is 5.91 Å². The first-order chi connectivity index (χ1) is 13.7. The summed E-state index contributed by atoms with van der Waals surface area (Å²) in [4.78, 5) is 27.4. The van der Waals surface area contributed by atoms with Crippen LogP contribution in [0.3, 0.4) is 0 Å². The summed E-state index contributed by atoms with van der Waals surface area (Å²) < 4.78 is 0. The number of aromatic nitrogens is 3. The van der Waals surface area contributed by atoms with Crippen LogP contribution in [0, 0.1) is 0 Å². The van der Waals surface area contributed by atoms with Crippen molar-refractivity contribution in [2.75, 3.05) is 13.1 Å². The molecule has 1 aliphatic rings. The summed E-state index contributed by atoms with van der Waals surface area (Å²) in [7, 11) is 0. The summed E-state index contributed by atoms with van der Waals surface area (Å²) in [5, 5.41) is 0.769. The highest BCUT2D eigenvalue weighted by Gasteiger charge is 2.26. The van der Waals surface area contributed by atoms with Crippen molar-refractivity contribution in [3.05, 3.63) is 88.7 Å². The van der Waals surface area contributed by atoms with Crippen LogP contribution in [0.1, 0.15) is 46.2 Å². The smallest absolute Gasteiger partial charge is 0.274 e. The lowest BCUT2D eigenvalue weighted by Gasteiger charge is -2.31. The topological polar surface area (TPSA) is 59.0 Å². The number of rotatable bonds is 4. The van der Waals surface area contributed by atoms with Crippen molar-refractivity contribution in [2.24, 2.45) is 0 Å². The third-order valence-electron chi connectivity index (χ3n) is 5.14. The van der Waals surface area contributed by atoms with Crippen molar-refractivity contribution in [2.45, 2.75) is 25.2 Å². The van der Waals surface area contributed by atoms with Gasteiger partial charge >= 0.3 is 0 Å². The van der Waals surface area contributed by atoms with E-state index in [0.717, 1.165) is 41.2 Å². The maximum atomic E-state index is 12.5. The number of benzene rings is 1. The Morgan fingerprint density at radius 2 is 1.89 bits per heavy atom. The van der Waals surface area contributed by atoms with E-state index in [4.69, 9.17) is 16.6 Å². The number of nitrogens with zero attached hydrogens (tertiary/aromatic N) is 4. The summed E-state index contributed by atoms with van der Waals surface area (Å²) >= 11 is 6.28. The highest BCUT2D eigenvalue weighted by atomic mass is 35.5. The zero-order valence-corrected chi connectivity index (χ0v) is 16.2. The van der Waals surface area contributed by atoms with E-state index in [0.29, 0.717) is 24.7 Å². The molecular weight excluding hydrogens is 372 g/mol. The van der Waals surface area contributed by atoms with Gasteiger partial charge in [0.1, 0.15) is 5.69 Å². The Morgan fingerprint density at radius 1 is 1.07 bits per heavy atom. The van der Waals surface area contributed by atoms with Crippen LogP contribution >= 0.6 is 11.6 Å². The standard InChI is InChI=1S/C22H21ClN4O/c23-19-6-2-1-4-17(19)14-18-5-3-7-20(26-18)16-8-12-27(13-9-16)22(28)21-15-24-10-11-25-21/h1-7,10-11,15-16H,8-9,12-14H2. The average Bonchev–Trinajstić information content (AvgIpc) is 2.76. The van der Waals surface area contributed by atoms with E-state index in [-0.39, 0.29) is 5.91 Å². The molecule has 0 N–H and O–H groups in total. The zero-order valence-electron chi connectivity index (χ0n) is 15.5. The molecule has 3 heterocycles. The van der Waals surface area contributed by atoms with Crippen LogP contribution < -0.4 is 0 Å². The molecule has 28 heavy (non-hydrogen) atoms. The number of carbonyl (C=O) groups excluding carboxylic acids is 1. The third kappa shape index (κ3) is 4.20. The number of halogens is 1. The molecule has 1 fully saturated rings. The molecule has 0 bridgehead atoms. The minimum atomic E-state index is -0.0491. The summed E-state index contributed by atoms with van der Waals surface area (Å²) in [6, 6.07) is 14.1. The Kier molecular flexibility index (Phi) is 5.63.